The van der Waals surface area contributed by atoms with Gasteiger partial charge in [-0.25, -0.2) is 4.98 Å². The van der Waals surface area contributed by atoms with Crippen molar-refractivity contribution in [1.29, 1.82) is 0 Å². The third kappa shape index (κ3) is 1.61. The van der Waals surface area contributed by atoms with E-state index >= 15 is 0 Å². The molecule has 1 aromatic heterocycles. The Hall–Kier alpha value is -1.35. The molecule has 0 aliphatic carbocycles. The lowest BCUT2D eigenvalue weighted by Crippen LogP contribution is -2.18. The number of rotatable bonds is 2. The Morgan fingerprint density at radius 1 is 1.25 bits per heavy atom. The molecule has 1 aliphatic heterocycles. The second-order valence-electron chi connectivity index (χ2n) is 4.62. The fraction of sp³-hybridized carbons (Fsp3) is 0.462. The molecule has 1 fully saturated rings. The molecular weight excluding hydrogens is 198 g/mol. The Kier molecular flexibility index (Phi) is 2.40. The van der Waals surface area contributed by atoms with Crippen molar-refractivity contribution in [3.05, 3.63) is 30.1 Å². The van der Waals surface area contributed by atoms with Crippen molar-refractivity contribution in [1.82, 2.24) is 14.5 Å². The van der Waals surface area contributed by atoms with Gasteiger partial charge in [0.05, 0.1) is 17.4 Å². The summed E-state index contributed by atoms with van der Waals surface area (Å²) in [5.74, 6) is 0. The molecule has 0 atom stereocenters. The minimum atomic E-state index is 1.05. The lowest BCUT2D eigenvalue weighted by Gasteiger charge is -2.14. The Morgan fingerprint density at radius 3 is 2.88 bits per heavy atom. The van der Waals surface area contributed by atoms with Crippen LogP contribution in [0.15, 0.2) is 24.5 Å². The summed E-state index contributed by atoms with van der Waals surface area (Å²) in [6.07, 6.45) is 4.59. The second-order valence-corrected chi connectivity index (χ2v) is 4.62. The lowest BCUT2D eigenvalue weighted by molar-refractivity contribution is 0.332. The normalized spacial score (nSPS) is 17.3. The monoisotopic (exact) mass is 215 g/mol. The van der Waals surface area contributed by atoms with Crippen molar-refractivity contribution >= 4 is 11.0 Å². The fourth-order valence-electron chi connectivity index (χ4n) is 2.53. The van der Waals surface area contributed by atoms with E-state index in [4.69, 9.17) is 0 Å². The quantitative estimate of drug-likeness (QED) is 0.765. The van der Waals surface area contributed by atoms with Crippen molar-refractivity contribution < 1.29 is 0 Å². The van der Waals surface area contributed by atoms with Gasteiger partial charge < -0.3 is 4.57 Å². The Labute approximate surface area is 95.7 Å². The van der Waals surface area contributed by atoms with Crippen LogP contribution in [0.25, 0.3) is 11.0 Å². The van der Waals surface area contributed by atoms with E-state index in [1.165, 1.54) is 37.0 Å². The van der Waals surface area contributed by atoms with Gasteiger partial charge in [-0.15, -0.1) is 0 Å². The number of hydrogen-bond acceptors (Lipinski definition) is 2. The summed E-state index contributed by atoms with van der Waals surface area (Å²) in [6.45, 7) is 3.53. The molecular formula is C13H17N3. The summed E-state index contributed by atoms with van der Waals surface area (Å²) in [4.78, 5) is 7.01. The van der Waals surface area contributed by atoms with E-state index in [9.17, 15) is 0 Å². The number of likely N-dealkylation sites (tertiary alicyclic amines) is 1. The Morgan fingerprint density at radius 2 is 2.06 bits per heavy atom. The second kappa shape index (κ2) is 3.91. The van der Waals surface area contributed by atoms with Crippen LogP contribution in [0.1, 0.15) is 18.4 Å². The van der Waals surface area contributed by atoms with Crippen LogP contribution in [0.4, 0.5) is 0 Å². The molecule has 0 amide bonds. The molecule has 3 nitrogen and oxygen atoms in total. The molecule has 0 spiro atoms. The van der Waals surface area contributed by atoms with E-state index in [-0.39, 0.29) is 0 Å². The highest BCUT2D eigenvalue weighted by molar-refractivity contribution is 5.78. The number of aromatic nitrogens is 2. The van der Waals surface area contributed by atoms with Gasteiger partial charge in [-0.1, -0.05) is 12.1 Å². The summed E-state index contributed by atoms with van der Waals surface area (Å²) < 4.78 is 2.09. The number of hydrogen-bond donors (Lipinski definition) is 0. The number of aryl methyl sites for hydroxylation is 1. The van der Waals surface area contributed by atoms with Crippen LogP contribution in [0, 0.1) is 0 Å². The number of imidazole rings is 1. The standard InChI is InChI=1S/C13H17N3/c1-15-10-14-13-11(5-4-6-12(13)15)9-16-7-2-3-8-16/h4-6,10H,2-3,7-9H2,1H3. The molecule has 0 N–H and O–H groups in total. The van der Waals surface area contributed by atoms with E-state index < -0.39 is 0 Å². The molecule has 1 saturated heterocycles. The first-order chi connectivity index (χ1) is 7.84. The van der Waals surface area contributed by atoms with Crippen LogP contribution in [0.2, 0.25) is 0 Å². The van der Waals surface area contributed by atoms with Crippen molar-refractivity contribution in [2.24, 2.45) is 7.05 Å². The summed E-state index contributed by atoms with van der Waals surface area (Å²) >= 11 is 0. The van der Waals surface area contributed by atoms with Gasteiger partial charge >= 0.3 is 0 Å². The Bertz CT molecular complexity index is 495. The predicted molar refractivity (Wildman–Crippen MR) is 65.2 cm³/mol. The maximum absolute atomic E-state index is 4.50. The summed E-state index contributed by atoms with van der Waals surface area (Å²) in [5, 5.41) is 0. The molecule has 0 unspecified atom stereocenters. The highest BCUT2D eigenvalue weighted by atomic mass is 15.1. The first kappa shape index (κ1) is 9.85. The molecule has 0 bridgehead atoms. The summed E-state index contributed by atoms with van der Waals surface area (Å²) in [5.41, 5.74) is 3.76. The van der Waals surface area contributed by atoms with Gasteiger partial charge in [0.1, 0.15) is 0 Å². The van der Waals surface area contributed by atoms with E-state index in [0.717, 1.165) is 12.1 Å². The largest absolute Gasteiger partial charge is 0.334 e. The molecule has 1 aliphatic rings. The number of nitrogens with zero attached hydrogens (tertiary/aromatic N) is 3. The van der Waals surface area contributed by atoms with Gasteiger partial charge in [-0.05, 0) is 37.6 Å². The SMILES string of the molecule is Cn1cnc2c(CN3CCCC3)cccc21. The van der Waals surface area contributed by atoms with E-state index in [1.807, 2.05) is 6.33 Å². The van der Waals surface area contributed by atoms with Crippen molar-refractivity contribution in [2.75, 3.05) is 13.1 Å². The smallest absolute Gasteiger partial charge is 0.0955 e. The van der Waals surface area contributed by atoms with Crippen molar-refractivity contribution in [3.63, 3.8) is 0 Å². The average molecular weight is 215 g/mol. The highest BCUT2D eigenvalue weighted by Crippen LogP contribution is 2.20. The van der Waals surface area contributed by atoms with Gasteiger partial charge in [-0.2, -0.15) is 0 Å². The van der Waals surface area contributed by atoms with E-state index in [1.54, 1.807) is 0 Å². The van der Waals surface area contributed by atoms with Gasteiger partial charge in [0.25, 0.3) is 0 Å². The first-order valence-electron chi connectivity index (χ1n) is 5.96. The molecule has 2 aromatic rings. The van der Waals surface area contributed by atoms with Crippen molar-refractivity contribution in [2.45, 2.75) is 19.4 Å². The minimum absolute atomic E-state index is 1.05. The molecule has 2 heterocycles. The van der Waals surface area contributed by atoms with Crippen LogP contribution in [0.5, 0.6) is 0 Å². The molecule has 1 aromatic carbocycles. The van der Waals surface area contributed by atoms with Crippen LogP contribution in [0.3, 0.4) is 0 Å². The van der Waals surface area contributed by atoms with Gasteiger partial charge in [0.2, 0.25) is 0 Å². The summed E-state index contributed by atoms with van der Waals surface area (Å²) in [7, 11) is 2.05. The summed E-state index contributed by atoms with van der Waals surface area (Å²) in [6, 6.07) is 6.47. The van der Waals surface area contributed by atoms with Crippen molar-refractivity contribution in [3.8, 4) is 0 Å². The van der Waals surface area contributed by atoms with Gasteiger partial charge in [0.15, 0.2) is 0 Å². The third-order valence-corrected chi connectivity index (χ3v) is 3.43. The molecule has 3 rings (SSSR count). The van der Waals surface area contributed by atoms with E-state index in [0.29, 0.717) is 0 Å². The first-order valence-corrected chi connectivity index (χ1v) is 5.96. The van der Waals surface area contributed by atoms with Gasteiger partial charge in [-0.3, -0.25) is 4.90 Å². The van der Waals surface area contributed by atoms with E-state index in [2.05, 4.69) is 39.7 Å². The number of fused-ring (bicyclic) bond motifs is 1. The Balaban J connectivity index is 1.96. The van der Waals surface area contributed by atoms with Gasteiger partial charge in [0, 0.05) is 13.6 Å². The zero-order valence-corrected chi connectivity index (χ0v) is 9.69. The van der Waals surface area contributed by atoms with Crippen LogP contribution >= 0.6 is 0 Å². The predicted octanol–water partition coefficient (Wildman–Crippen LogP) is 2.17. The van der Waals surface area contributed by atoms with Crippen LogP contribution in [-0.4, -0.2) is 27.5 Å². The zero-order chi connectivity index (χ0) is 11.0. The fourth-order valence-corrected chi connectivity index (χ4v) is 2.53. The maximum atomic E-state index is 4.50. The number of para-hydroxylation sites is 1. The highest BCUT2D eigenvalue weighted by Gasteiger charge is 2.14. The van der Waals surface area contributed by atoms with Crippen LogP contribution in [-0.2, 0) is 13.6 Å². The topological polar surface area (TPSA) is 21.1 Å². The molecule has 0 saturated carbocycles. The third-order valence-electron chi connectivity index (χ3n) is 3.43. The molecule has 0 radical (unpaired) electrons. The lowest BCUT2D eigenvalue weighted by atomic mass is 10.1. The average Bonchev–Trinajstić information content (AvgIpc) is 2.90. The van der Waals surface area contributed by atoms with Crippen LogP contribution < -0.4 is 0 Å². The molecule has 3 heteroatoms. The number of benzene rings is 1. The minimum Gasteiger partial charge on any atom is -0.334 e. The molecule has 16 heavy (non-hydrogen) atoms. The molecule has 84 valence electrons. The maximum Gasteiger partial charge on any atom is 0.0955 e. The zero-order valence-electron chi connectivity index (χ0n) is 9.69.